The molecule has 3 rings (SSSR count). The number of carbonyl (C=O) groups excluding carboxylic acids is 3. The average Bonchev–Trinajstić information content (AvgIpc) is 3.46. The molecule has 1 saturated carbocycles. The van der Waals surface area contributed by atoms with Gasteiger partial charge in [0, 0.05) is 12.5 Å². The minimum atomic E-state index is -0.805. The molecule has 0 unspecified atom stereocenters. The van der Waals surface area contributed by atoms with Crippen molar-refractivity contribution in [1.29, 1.82) is 5.26 Å². The zero-order chi connectivity index (χ0) is 21.5. The molecule has 1 saturated heterocycles. The number of nitrogens with one attached hydrogen (secondary N) is 3. The number of nitrogens with zero attached hydrogens (tertiary/aromatic N) is 1. The van der Waals surface area contributed by atoms with E-state index in [0.717, 1.165) is 12.8 Å². The fourth-order valence-electron chi connectivity index (χ4n) is 3.40. The number of hydrogen-bond donors (Lipinski definition) is 3. The van der Waals surface area contributed by atoms with Crippen LogP contribution in [0.3, 0.4) is 0 Å². The molecule has 1 aromatic rings. The van der Waals surface area contributed by atoms with E-state index in [1.165, 1.54) is 24.3 Å². The van der Waals surface area contributed by atoms with E-state index in [1.54, 1.807) is 0 Å². The first-order chi connectivity index (χ1) is 14.4. The number of halogens is 1. The summed E-state index contributed by atoms with van der Waals surface area (Å²) in [6.07, 6.45) is 3.35. The van der Waals surface area contributed by atoms with E-state index >= 15 is 0 Å². The first-order valence-corrected chi connectivity index (χ1v) is 10.1. The zero-order valence-corrected chi connectivity index (χ0v) is 16.5. The largest absolute Gasteiger partial charge is 0.484 e. The molecule has 1 aliphatic heterocycles. The monoisotopic (exact) mass is 416 g/mol. The van der Waals surface area contributed by atoms with Gasteiger partial charge < -0.3 is 20.7 Å². The summed E-state index contributed by atoms with van der Waals surface area (Å²) in [4.78, 5) is 36.7. The molecule has 1 aromatic carbocycles. The Kier molecular flexibility index (Phi) is 7.22. The van der Waals surface area contributed by atoms with E-state index in [9.17, 15) is 24.0 Å². The molecule has 0 radical (unpaired) electrons. The third-order valence-corrected chi connectivity index (χ3v) is 5.26. The lowest BCUT2D eigenvalue weighted by atomic mass is 9.98. The highest BCUT2D eigenvalue weighted by Gasteiger charge is 2.33. The summed E-state index contributed by atoms with van der Waals surface area (Å²) in [6.45, 7) is 0.258. The predicted octanol–water partition coefficient (Wildman–Crippen LogP) is 1.02. The van der Waals surface area contributed by atoms with Gasteiger partial charge in [-0.2, -0.15) is 5.26 Å². The molecule has 3 N–H and O–H groups in total. The van der Waals surface area contributed by atoms with Crippen molar-refractivity contribution in [2.24, 2.45) is 11.8 Å². The van der Waals surface area contributed by atoms with Crippen LogP contribution in [-0.2, 0) is 14.4 Å². The van der Waals surface area contributed by atoms with Crippen molar-refractivity contribution in [3.8, 4) is 11.8 Å². The van der Waals surface area contributed by atoms with Gasteiger partial charge in [0.25, 0.3) is 5.91 Å². The van der Waals surface area contributed by atoms with Crippen LogP contribution >= 0.6 is 0 Å². The first kappa shape index (κ1) is 21.6. The van der Waals surface area contributed by atoms with Crippen molar-refractivity contribution in [2.75, 3.05) is 13.2 Å². The number of ether oxygens (including phenoxy) is 1. The molecule has 8 nitrogen and oxygen atoms in total. The highest BCUT2D eigenvalue weighted by Crippen LogP contribution is 2.33. The maximum absolute atomic E-state index is 12.9. The minimum absolute atomic E-state index is 0.106. The molecule has 0 spiro atoms. The minimum Gasteiger partial charge on any atom is -0.484 e. The molecule has 0 bridgehead atoms. The van der Waals surface area contributed by atoms with Gasteiger partial charge in [0.2, 0.25) is 11.8 Å². The summed E-state index contributed by atoms with van der Waals surface area (Å²) in [7, 11) is 0. The molecule has 2 aliphatic rings. The lowest BCUT2D eigenvalue weighted by molar-refractivity contribution is -0.130. The smallest absolute Gasteiger partial charge is 0.258 e. The second-order valence-corrected chi connectivity index (χ2v) is 7.74. The number of rotatable bonds is 10. The SMILES string of the molecule is N#C[C@H](C[C@@H]1CCNC1=O)NC(=O)[C@H](CC1CC1)NC(=O)COc1ccc(F)cc1. The first-order valence-electron chi connectivity index (χ1n) is 10.1. The number of carbonyl (C=O) groups is 3. The van der Waals surface area contributed by atoms with Gasteiger partial charge in [-0.1, -0.05) is 12.8 Å². The van der Waals surface area contributed by atoms with Crippen molar-refractivity contribution in [3.63, 3.8) is 0 Å². The normalized spacial score (nSPS) is 19.9. The second kappa shape index (κ2) is 10.1. The molecular formula is C21H25FN4O4. The summed E-state index contributed by atoms with van der Waals surface area (Å²) >= 11 is 0. The van der Waals surface area contributed by atoms with Crippen molar-refractivity contribution >= 4 is 17.7 Å². The van der Waals surface area contributed by atoms with E-state index in [0.29, 0.717) is 31.1 Å². The predicted molar refractivity (Wildman–Crippen MR) is 104 cm³/mol. The quantitative estimate of drug-likeness (QED) is 0.526. The molecule has 30 heavy (non-hydrogen) atoms. The Morgan fingerprint density at radius 3 is 2.53 bits per heavy atom. The molecular weight excluding hydrogens is 391 g/mol. The summed E-state index contributed by atoms with van der Waals surface area (Å²) < 4.78 is 18.3. The third-order valence-electron chi connectivity index (χ3n) is 5.26. The van der Waals surface area contributed by atoms with Crippen molar-refractivity contribution in [2.45, 2.75) is 44.2 Å². The van der Waals surface area contributed by atoms with Gasteiger partial charge in [-0.3, -0.25) is 14.4 Å². The van der Waals surface area contributed by atoms with Crippen LogP contribution in [0.4, 0.5) is 4.39 Å². The van der Waals surface area contributed by atoms with E-state index in [2.05, 4.69) is 16.0 Å². The van der Waals surface area contributed by atoms with Crippen LogP contribution in [0.25, 0.3) is 0 Å². The maximum atomic E-state index is 12.9. The fourth-order valence-corrected chi connectivity index (χ4v) is 3.40. The van der Waals surface area contributed by atoms with Crippen LogP contribution in [0, 0.1) is 29.0 Å². The van der Waals surface area contributed by atoms with E-state index in [-0.39, 0.29) is 24.9 Å². The number of benzene rings is 1. The van der Waals surface area contributed by atoms with Crippen LogP contribution in [0.1, 0.15) is 32.1 Å². The molecule has 1 heterocycles. The highest BCUT2D eigenvalue weighted by atomic mass is 19.1. The molecule has 3 amide bonds. The fraction of sp³-hybridized carbons (Fsp3) is 0.524. The van der Waals surface area contributed by atoms with Crippen LogP contribution in [0.5, 0.6) is 5.75 Å². The molecule has 1 aliphatic carbocycles. The van der Waals surface area contributed by atoms with E-state index in [4.69, 9.17) is 4.74 Å². The highest BCUT2D eigenvalue weighted by molar-refractivity contribution is 5.88. The average molecular weight is 416 g/mol. The molecule has 0 aromatic heterocycles. The molecule has 2 fully saturated rings. The van der Waals surface area contributed by atoms with Gasteiger partial charge >= 0.3 is 0 Å². The van der Waals surface area contributed by atoms with Crippen LogP contribution < -0.4 is 20.7 Å². The van der Waals surface area contributed by atoms with Gasteiger partial charge in [0.1, 0.15) is 23.7 Å². The Bertz CT molecular complexity index is 819. The molecule has 9 heteroatoms. The summed E-state index contributed by atoms with van der Waals surface area (Å²) in [6, 6.07) is 5.71. The molecule has 3 atom stereocenters. The Morgan fingerprint density at radius 2 is 1.93 bits per heavy atom. The Balaban J connectivity index is 1.52. The Labute approximate surface area is 174 Å². The van der Waals surface area contributed by atoms with Gasteiger partial charge in [-0.15, -0.1) is 0 Å². The second-order valence-electron chi connectivity index (χ2n) is 7.74. The van der Waals surface area contributed by atoms with Gasteiger partial charge in [0.15, 0.2) is 6.61 Å². The standard InChI is InChI=1S/C21H25FN4O4/c22-15-3-5-17(6-4-15)30-12-19(27)26-18(9-13-1-2-13)21(29)25-16(11-23)10-14-7-8-24-20(14)28/h3-6,13-14,16,18H,1-2,7-10,12H2,(H,24,28)(H,25,29)(H,26,27)/t14-,16-,18-/m0/s1. The summed E-state index contributed by atoms with van der Waals surface area (Å²) in [5.74, 6) is -1.03. The lowest BCUT2D eigenvalue weighted by Crippen LogP contribution is -2.51. The van der Waals surface area contributed by atoms with Gasteiger partial charge in [-0.05, 0) is 49.4 Å². The summed E-state index contributed by atoms with van der Waals surface area (Å²) in [5.41, 5.74) is 0. The van der Waals surface area contributed by atoms with Crippen molar-refractivity contribution < 1.29 is 23.5 Å². The Hall–Kier alpha value is -3.15. The Morgan fingerprint density at radius 1 is 1.20 bits per heavy atom. The number of hydrogen-bond acceptors (Lipinski definition) is 5. The van der Waals surface area contributed by atoms with E-state index < -0.39 is 29.7 Å². The zero-order valence-electron chi connectivity index (χ0n) is 16.5. The number of nitriles is 1. The molecule has 160 valence electrons. The number of amides is 3. The van der Waals surface area contributed by atoms with E-state index in [1.807, 2.05) is 6.07 Å². The van der Waals surface area contributed by atoms with Crippen LogP contribution in [0.2, 0.25) is 0 Å². The van der Waals surface area contributed by atoms with Crippen molar-refractivity contribution in [1.82, 2.24) is 16.0 Å². The van der Waals surface area contributed by atoms with Crippen LogP contribution in [-0.4, -0.2) is 43.0 Å². The third kappa shape index (κ3) is 6.44. The van der Waals surface area contributed by atoms with Gasteiger partial charge in [0.05, 0.1) is 6.07 Å². The lowest BCUT2D eigenvalue weighted by Gasteiger charge is -2.21. The topological polar surface area (TPSA) is 120 Å². The van der Waals surface area contributed by atoms with Crippen LogP contribution in [0.15, 0.2) is 24.3 Å². The van der Waals surface area contributed by atoms with Crippen molar-refractivity contribution in [3.05, 3.63) is 30.1 Å². The van der Waals surface area contributed by atoms with Gasteiger partial charge in [-0.25, -0.2) is 4.39 Å². The summed E-state index contributed by atoms with van der Waals surface area (Å²) in [5, 5.41) is 17.4. The maximum Gasteiger partial charge on any atom is 0.258 e.